The molecule has 1 aliphatic carbocycles. The van der Waals surface area contributed by atoms with Crippen molar-refractivity contribution in [2.75, 3.05) is 6.61 Å². The fraction of sp³-hybridized carbons (Fsp3) is 0.385. The van der Waals surface area contributed by atoms with Crippen LogP contribution in [0.4, 0.5) is 0 Å². The van der Waals surface area contributed by atoms with Crippen LogP contribution < -0.4 is 10.4 Å². The highest BCUT2D eigenvalue weighted by molar-refractivity contribution is 6.98. The largest absolute Gasteiger partial charge is 0.424 e. The van der Waals surface area contributed by atoms with Crippen molar-refractivity contribution >= 4 is 18.7 Å². The summed E-state index contributed by atoms with van der Waals surface area (Å²) >= 11 is 0. The van der Waals surface area contributed by atoms with Crippen LogP contribution in [0.2, 0.25) is 5.04 Å². The third kappa shape index (κ3) is 4.47. The van der Waals surface area contributed by atoms with Crippen LogP contribution in [0.5, 0.6) is 0 Å². The molecule has 0 unspecified atom stereocenters. The van der Waals surface area contributed by atoms with Gasteiger partial charge in [-0.3, -0.25) is 0 Å². The number of aliphatic hydroxyl groups is 1. The van der Waals surface area contributed by atoms with Gasteiger partial charge in [-0.25, -0.2) is 0 Å². The molecular formula is C26H34O2Si. The molecule has 0 saturated heterocycles. The summed E-state index contributed by atoms with van der Waals surface area (Å²) in [6.45, 7) is 6.91. The van der Waals surface area contributed by atoms with Gasteiger partial charge >= 0.3 is 0 Å². The first-order valence-corrected chi connectivity index (χ1v) is 12.7. The minimum atomic E-state index is -2.92. The molecule has 0 aliphatic heterocycles. The first-order valence-electron chi connectivity index (χ1n) is 10.7. The van der Waals surface area contributed by atoms with Gasteiger partial charge < -0.3 is 9.90 Å². The number of hydrogen-bond donors (Lipinski definition) is 2. The summed E-state index contributed by atoms with van der Waals surface area (Å²) in [5.74, 6) is 0.624. The van der Waals surface area contributed by atoms with Gasteiger partial charge in [0.1, 0.15) is 0 Å². The summed E-state index contributed by atoms with van der Waals surface area (Å²) in [4.78, 5) is 12.2. The Kier molecular flexibility index (Phi) is 6.94. The van der Waals surface area contributed by atoms with Crippen molar-refractivity contribution in [3.63, 3.8) is 0 Å². The van der Waals surface area contributed by atoms with Gasteiger partial charge in [0.15, 0.2) is 0 Å². The Morgan fingerprint density at radius 1 is 0.966 bits per heavy atom. The molecule has 0 heterocycles. The fourth-order valence-electron chi connectivity index (χ4n) is 4.74. The molecule has 2 N–H and O–H groups in total. The maximum atomic E-state index is 12.2. The van der Waals surface area contributed by atoms with Crippen molar-refractivity contribution in [2.45, 2.75) is 45.1 Å². The third-order valence-corrected chi connectivity index (χ3v) is 11.2. The van der Waals surface area contributed by atoms with Crippen LogP contribution in [0.25, 0.3) is 0 Å². The van der Waals surface area contributed by atoms with Crippen molar-refractivity contribution < 1.29 is 9.90 Å². The lowest BCUT2D eigenvalue weighted by Crippen LogP contribution is -2.65. The van der Waals surface area contributed by atoms with E-state index in [1.165, 1.54) is 5.57 Å². The summed E-state index contributed by atoms with van der Waals surface area (Å²) < 4.78 is 0. The van der Waals surface area contributed by atoms with E-state index in [0.717, 1.165) is 29.6 Å². The van der Waals surface area contributed by atoms with Crippen LogP contribution in [-0.2, 0) is 0 Å². The van der Waals surface area contributed by atoms with Crippen LogP contribution in [0.3, 0.4) is 0 Å². The fourth-order valence-corrected chi connectivity index (χ4v) is 8.52. The van der Waals surface area contributed by atoms with E-state index in [4.69, 9.17) is 0 Å². The molecule has 3 rings (SSSR count). The first kappa shape index (κ1) is 21.8. The van der Waals surface area contributed by atoms with E-state index in [2.05, 4.69) is 63.3 Å². The Labute approximate surface area is 176 Å². The van der Waals surface area contributed by atoms with Crippen LogP contribution in [0.15, 0.2) is 84.5 Å². The second kappa shape index (κ2) is 9.25. The average Bonchev–Trinajstić information content (AvgIpc) is 3.23. The van der Waals surface area contributed by atoms with E-state index in [1.54, 1.807) is 0 Å². The molecule has 1 aliphatic rings. The summed E-state index contributed by atoms with van der Waals surface area (Å²) in [7, 11) is -2.92. The smallest absolute Gasteiger partial charge is 0.258 e. The summed E-state index contributed by atoms with van der Waals surface area (Å²) in [5.41, 5.74) is 1.34. The minimum Gasteiger partial charge on any atom is -0.424 e. The average molecular weight is 407 g/mol. The molecule has 2 nitrogen and oxygen atoms in total. The Morgan fingerprint density at radius 2 is 1.52 bits per heavy atom. The lowest BCUT2D eigenvalue weighted by atomic mass is 9.87. The van der Waals surface area contributed by atoms with Crippen molar-refractivity contribution in [1.82, 2.24) is 0 Å². The molecule has 0 radical (unpaired) electrons. The van der Waals surface area contributed by atoms with Gasteiger partial charge in [0, 0.05) is 5.92 Å². The Hall–Kier alpha value is -1.94. The van der Waals surface area contributed by atoms with Gasteiger partial charge in [0.2, 0.25) is 0 Å². The number of allylic oxidation sites excluding steroid dienone is 2. The molecule has 0 aromatic heterocycles. The molecule has 29 heavy (non-hydrogen) atoms. The van der Waals surface area contributed by atoms with Crippen molar-refractivity contribution in [2.24, 2.45) is 11.8 Å². The Bertz CT molecular complexity index is 800. The normalized spacial score (nSPS) is 18.0. The van der Waals surface area contributed by atoms with Crippen molar-refractivity contribution in [1.29, 1.82) is 0 Å². The highest BCUT2D eigenvalue weighted by Crippen LogP contribution is 2.41. The number of hydrogen-bond acceptors (Lipinski definition) is 2. The maximum Gasteiger partial charge on any atom is 0.258 e. The zero-order valence-corrected chi connectivity index (χ0v) is 18.9. The first-order chi connectivity index (χ1) is 13.9. The molecule has 0 spiro atoms. The maximum absolute atomic E-state index is 12.2. The van der Waals surface area contributed by atoms with E-state index >= 15 is 0 Å². The van der Waals surface area contributed by atoms with Crippen molar-refractivity contribution in [3.05, 3.63) is 84.5 Å². The standard InChI is InChI=1S/C26H34O2Si/c1-21(25-18-10-13-22(25)20-27)12-11-19-26(2,3)29(28,23-14-6-4-7-15-23)24-16-8-5-9-17-24/h4-10,13-18,21-22,27-28H,11-12,19-20H2,1-3H3/t21-,22+/m0/s1. The van der Waals surface area contributed by atoms with Crippen LogP contribution in [0.1, 0.15) is 40.0 Å². The highest BCUT2D eigenvalue weighted by atomic mass is 28.4. The topological polar surface area (TPSA) is 40.5 Å². The van der Waals surface area contributed by atoms with Gasteiger partial charge in [0.25, 0.3) is 8.32 Å². The summed E-state index contributed by atoms with van der Waals surface area (Å²) in [5, 5.41) is 11.5. The molecule has 2 aromatic rings. The van der Waals surface area contributed by atoms with E-state index < -0.39 is 8.32 Å². The molecule has 154 valence electrons. The predicted molar refractivity (Wildman–Crippen MR) is 125 cm³/mol. The van der Waals surface area contributed by atoms with Crippen molar-refractivity contribution in [3.8, 4) is 0 Å². The summed E-state index contributed by atoms with van der Waals surface area (Å²) in [6, 6.07) is 20.5. The van der Waals surface area contributed by atoms with E-state index in [0.29, 0.717) is 5.92 Å². The van der Waals surface area contributed by atoms with Crippen LogP contribution in [0, 0.1) is 11.8 Å². The quantitative estimate of drug-likeness (QED) is 0.605. The molecule has 0 amide bonds. The highest BCUT2D eigenvalue weighted by Gasteiger charge is 2.49. The number of aliphatic hydroxyl groups excluding tert-OH is 1. The molecular weight excluding hydrogens is 372 g/mol. The molecule has 0 fully saturated rings. The summed E-state index contributed by atoms with van der Waals surface area (Å²) in [6.07, 6.45) is 9.41. The van der Waals surface area contributed by atoms with Gasteiger partial charge in [0.05, 0.1) is 6.61 Å². The van der Waals surface area contributed by atoms with Crippen LogP contribution >= 0.6 is 0 Å². The lowest BCUT2D eigenvalue weighted by molar-refractivity contribution is 0.262. The van der Waals surface area contributed by atoms with Gasteiger partial charge in [-0.15, -0.1) is 0 Å². The van der Waals surface area contributed by atoms with Gasteiger partial charge in [-0.05, 0) is 34.2 Å². The number of rotatable bonds is 9. The molecule has 0 saturated carbocycles. The number of benzene rings is 2. The molecule has 3 heteroatoms. The van der Waals surface area contributed by atoms with Gasteiger partial charge in [-0.1, -0.05) is 112 Å². The monoisotopic (exact) mass is 406 g/mol. The second-order valence-electron chi connectivity index (χ2n) is 8.96. The van der Waals surface area contributed by atoms with Crippen LogP contribution in [-0.4, -0.2) is 24.8 Å². The predicted octanol–water partition coefficient (Wildman–Crippen LogP) is 4.43. The molecule has 0 bridgehead atoms. The Morgan fingerprint density at radius 3 is 2.03 bits per heavy atom. The van der Waals surface area contributed by atoms with E-state index in [9.17, 15) is 9.90 Å². The molecule has 2 aromatic carbocycles. The Balaban J connectivity index is 1.77. The van der Waals surface area contributed by atoms with Gasteiger partial charge in [-0.2, -0.15) is 0 Å². The molecule has 2 atom stereocenters. The zero-order chi connectivity index (χ0) is 20.9. The minimum absolute atomic E-state index is 0.179. The zero-order valence-electron chi connectivity index (χ0n) is 17.9. The third-order valence-electron chi connectivity index (χ3n) is 6.63. The second-order valence-corrected chi connectivity index (χ2v) is 12.9. The lowest BCUT2D eigenvalue weighted by Gasteiger charge is -2.41. The van der Waals surface area contributed by atoms with E-state index in [-0.39, 0.29) is 17.6 Å². The van der Waals surface area contributed by atoms with E-state index in [1.807, 2.05) is 36.4 Å². The SMILES string of the molecule is C[C@@H](CCCC(C)(C)[Si](O)(c1ccccc1)c1ccccc1)C1=CC=C[C@@H]1CO.